The summed E-state index contributed by atoms with van der Waals surface area (Å²) in [7, 11) is 0. The number of hydrogen-bond acceptors (Lipinski definition) is 1. The van der Waals surface area contributed by atoms with Crippen LogP contribution in [0.1, 0.15) is 0 Å². The monoisotopic (exact) mass is 208 g/mol. The third-order valence-electron chi connectivity index (χ3n) is 2.78. The minimum atomic E-state index is 0.816. The molecule has 0 fully saturated rings. The van der Waals surface area contributed by atoms with Gasteiger partial charge in [-0.1, -0.05) is 36.4 Å². The summed E-state index contributed by atoms with van der Waals surface area (Å²) in [5.74, 6) is 0. The molecule has 0 aliphatic heterocycles. The molecular weight excluding hydrogens is 196 g/mol. The highest BCUT2D eigenvalue weighted by molar-refractivity contribution is 5.94. The lowest BCUT2D eigenvalue weighted by atomic mass is 10.1. The summed E-state index contributed by atoms with van der Waals surface area (Å²) < 4.78 is 0. The lowest BCUT2D eigenvalue weighted by Crippen LogP contribution is -1.82. The Kier molecular flexibility index (Phi) is 1.93. The Hall–Kier alpha value is -2.22. The van der Waals surface area contributed by atoms with E-state index in [0.29, 0.717) is 0 Å². The number of fused-ring (bicyclic) bond motifs is 1. The van der Waals surface area contributed by atoms with Crippen LogP contribution in [0.4, 0.5) is 5.69 Å². The van der Waals surface area contributed by atoms with Crippen LogP contribution >= 0.6 is 0 Å². The van der Waals surface area contributed by atoms with Gasteiger partial charge in [0.25, 0.3) is 0 Å². The molecule has 0 radical (unpaired) electrons. The standard InChI is InChI=1S/C14H12N2/c15-12-7-4-8-13-11(12)9-14(16-13)10-5-2-1-3-6-10/h1-9,16H,15H2. The van der Waals surface area contributed by atoms with Gasteiger partial charge in [0.1, 0.15) is 0 Å². The molecule has 3 rings (SSSR count). The first-order valence-corrected chi connectivity index (χ1v) is 5.27. The van der Waals surface area contributed by atoms with E-state index in [0.717, 1.165) is 22.3 Å². The molecule has 0 saturated carbocycles. The molecule has 0 aliphatic rings. The topological polar surface area (TPSA) is 41.8 Å². The lowest BCUT2D eigenvalue weighted by Gasteiger charge is -1.94. The molecule has 0 amide bonds. The van der Waals surface area contributed by atoms with E-state index in [2.05, 4.69) is 23.2 Å². The van der Waals surface area contributed by atoms with Crippen LogP contribution in [0.15, 0.2) is 54.6 Å². The number of nitrogen functional groups attached to an aromatic ring is 1. The number of aromatic amines is 1. The Bertz CT molecular complexity index is 624. The summed E-state index contributed by atoms with van der Waals surface area (Å²) >= 11 is 0. The molecule has 0 aliphatic carbocycles. The highest BCUT2D eigenvalue weighted by atomic mass is 14.7. The SMILES string of the molecule is Nc1cccc2[nH]c(-c3ccccc3)cc12. The first-order chi connectivity index (χ1) is 7.84. The zero-order valence-electron chi connectivity index (χ0n) is 8.77. The van der Waals surface area contributed by atoms with Crippen LogP contribution in [0.2, 0.25) is 0 Å². The molecule has 2 nitrogen and oxygen atoms in total. The minimum absolute atomic E-state index is 0.816. The number of benzene rings is 2. The zero-order chi connectivity index (χ0) is 11.0. The summed E-state index contributed by atoms with van der Waals surface area (Å²) in [5.41, 5.74) is 10.1. The molecule has 0 unspecified atom stereocenters. The van der Waals surface area contributed by atoms with Crippen LogP contribution in [0.3, 0.4) is 0 Å². The van der Waals surface area contributed by atoms with Gasteiger partial charge in [-0.3, -0.25) is 0 Å². The summed E-state index contributed by atoms with van der Waals surface area (Å²) in [6.45, 7) is 0. The van der Waals surface area contributed by atoms with Crippen molar-refractivity contribution in [2.24, 2.45) is 0 Å². The van der Waals surface area contributed by atoms with Gasteiger partial charge in [-0.05, 0) is 23.8 Å². The van der Waals surface area contributed by atoms with Crippen LogP contribution in [0.25, 0.3) is 22.2 Å². The van der Waals surface area contributed by atoms with Crippen molar-refractivity contribution in [2.75, 3.05) is 5.73 Å². The van der Waals surface area contributed by atoms with E-state index in [1.807, 2.05) is 36.4 Å². The molecule has 1 aromatic heterocycles. The van der Waals surface area contributed by atoms with E-state index < -0.39 is 0 Å². The molecule has 0 bridgehead atoms. The molecule has 2 aromatic carbocycles. The largest absolute Gasteiger partial charge is 0.398 e. The Morgan fingerprint density at radius 1 is 0.875 bits per heavy atom. The third-order valence-corrected chi connectivity index (χ3v) is 2.78. The molecule has 3 N–H and O–H groups in total. The number of aromatic nitrogens is 1. The molecule has 0 spiro atoms. The second kappa shape index (κ2) is 3.42. The van der Waals surface area contributed by atoms with Gasteiger partial charge in [-0.15, -0.1) is 0 Å². The van der Waals surface area contributed by atoms with Gasteiger partial charge in [0.05, 0.1) is 0 Å². The smallest absolute Gasteiger partial charge is 0.0479 e. The van der Waals surface area contributed by atoms with Gasteiger partial charge >= 0.3 is 0 Å². The maximum Gasteiger partial charge on any atom is 0.0479 e. The zero-order valence-corrected chi connectivity index (χ0v) is 8.77. The van der Waals surface area contributed by atoms with Gasteiger partial charge in [-0.25, -0.2) is 0 Å². The summed E-state index contributed by atoms with van der Waals surface area (Å²) in [4.78, 5) is 3.37. The van der Waals surface area contributed by atoms with E-state index >= 15 is 0 Å². The minimum Gasteiger partial charge on any atom is -0.398 e. The van der Waals surface area contributed by atoms with Crippen molar-refractivity contribution in [2.45, 2.75) is 0 Å². The normalized spacial score (nSPS) is 10.8. The number of rotatable bonds is 1. The van der Waals surface area contributed by atoms with E-state index in [9.17, 15) is 0 Å². The molecular formula is C14H12N2. The number of hydrogen-bond donors (Lipinski definition) is 2. The van der Waals surface area contributed by atoms with Crippen molar-refractivity contribution in [3.63, 3.8) is 0 Å². The predicted molar refractivity (Wildman–Crippen MR) is 68.1 cm³/mol. The fraction of sp³-hybridized carbons (Fsp3) is 0. The van der Waals surface area contributed by atoms with Gasteiger partial charge in [0, 0.05) is 22.3 Å². The van der Waals surface area contributed by atoms with Crippen molar-refractivity contribution in [3.8, 4) is 11.3 Å². The van der Waals surface area contributed by atoms with Crippen LogP contribution in [0.5, 0.6) is 0 Å². The van der Waals surface area contributed by atoms with Crippen molar-refractivity contribution < 1.29 is 0 Å². The average Bonchev–Trinajstić information content (AvgIpc) is 2.76. The van der Waals surface area contributed by atoms with Crippen LogP contribution in [-0.4, -0.2) is 4.98 Å². The molecule has 3 aromatic rings. The summed E-state index contributed by atoms with van der Waals surface area (Å²) in [5, 5.41) is 1.08. The van der Waals surface area contributed by atoms with Crippen molar-refractivity contribution in [3.05, 3.63) is 54.6 Å². The van der Waals surface area contributed by atoms with E-state index in [1.165, 1.54) is 5.56 Å². The fourth-order valence-electron chi connectivity index (χ4n) is 1.95. The van der Waals surface area contributed by atoms with Crippen molar-refractivity contribution in [1.82, 2.24) is 4.98 Å². The molecule has 78 valence electrons. The van der Waals surface area contributed by atoms with Gasteiger partial charge in [0.15, 0.2) is 0 Å². The predicted octanol–water partition coefficient (Wildman–Crippen LogP) is 3.42. The number of anilines is 1. The van der Waals surface area contributed by atoms with E-state index in [1.54, 1.807) is 0 Å². The lowest BCUT2D eigenvalue weighted by molar-refractivity contribution is 1.45. The first kappa shape index (κ1) is 9.04. The van der Waals surface area contributed by atoms with Crippen LogP contribution in [-0.2, 0) is 0 Å². The fourth-order valence-corrected chi connectivity index (χ4v) is 1.95. The third kappa shape index (κ3) is 1.36. The quantitative estimate of drug-likeness (QED) is 0.591. The molecule has 1 heterocycles. The van der Waals surface area contributed by atoms with Gasteiger partial charge in [0.2, 0.25) is 0 Å². The average molecular weight is 208 g/mol. The maximum absolute atomic E-state index is 5.93. The van der Waals surface area contributed by atoms with Gasteiger partial charge in [-0.2, -0.15) is 0 Å². The highest BCUT2D eigenvalue weighted by Crippen LogP contribution is 2.27. The summed E-state index contributed by atoms with van der Waals surface area (Å²) in [6, 6.07) is 18.3. The first-order valence-electron chi connectivity index (χ1n) is 5.27. The second-order valence-electron chi connectivity index (χ2n) is 3.86. The Balaban J connectivity index is 2.23. The number of H-pyrrole nitrogens is 1. The Morgan fingerprint density at radius 3 is 2.44 bits per heavy atom. The molecule has 2 heteroatoms. The summed E-state index contributed by atoms with van der Waals surface area (Å²) in [6.07, 6.45) is 0. The molecule has 0 saturated heterocycles. The van der Waals surface area contributed by atoms with Gasteiger partial charge < -0.3 is 10.7 Å². The number of nitrogens with two attached hydrogens (primary N) is 1. The van der Waals surface area contributed by atoms with Crippen molar-refractivity contribution in [1.29, 1.82) is 0 Å². The van der Waals surface area contributed by atoms with E-state index in [-0.39, 0.29) is 0 Å². The highest BCUT2D eigenvalue weighted by Gasteiger charge is 2.04. The maximum atomic E-state index is 5.93. The molecule has 0 atom stereocenters. The number of nitrogens with one attached hydrogen (secondary N) is 1. The van der Waals surface area contributed by atoms with Crippen molar-refractivity contribution >= 4 is 16.6 Å². The Labute approximate surface area is 93.7 Å². The van der Waals surface area contributed by atoms with E-state index in [4.69, 9.17) is 5.73 Å². The Morgan fingerprint density at radius 2 is 1.69 bits per heavy atom. The molecule has 16 heavy (non-hydrogen) atoms. The van der Waals surface area contributed by atoms with Crippen LogP contribution < -0.4 is 5.73 Å². The second-order valence-corrected chi connectivity index (χ2v) is 3.86. The van der Waals surface area contributed by atoms with Crippen LogP contribution in [0, 0.1) is 0 Å².